The van der Waals surface area contributed by atoms with Gasteiger partial charge in [-0.1, -0.05) is 35.5 Å². The van der Waals surface area contributed by atoms with Crippen molar-refractivity contribution in [2.75, 3.05) is 19.5 Å². The third-order valence-corrected chi connectivity index (χ3v) is 7.10. The number of benzene rings is 3. The maximum absolute atomic E-state index is 13.5. The number of amidine groups is 1. The Kier molecular flexibility index (Phi) is 8.13. The quantitative estimate of drug-likeness (QED) is 0.437. The second-order valence-corrected chi connectivity index (χ2v) is 9.83. The van der Waals surface area contributed by atoms with Gasteiger partial charge in [0.1, 0.15) is 11.1 Å². The number of ether oxygens (including phenoxy) is 2. The molecule has 1 unspecified atom stereocenters. The molecule has 3 aromatic rings. The molecule has 2 amide bonds. The number of nitrogens with zero attached hydrogens (tertiary/aromatic N) is 2. The van der Waals surface area contributed by atoms with Gasteiger partial charge in [-0.3, -0.25) is 14.5 Å². The standard InChI is InChI=1S/C28H28FN3O4S/c1-17-5-11-22(18(2)13-17)31-27(34)25-15-26(33)32(16-19-6-12-23(35-3)24(14-19)36-4)28(37-25)30-21-9-7-20(29)8-10-21/h5-14,25H,15-16H2,1-4H3,(H,31,34). The molecule has 7 nitrogen and oxygen atoms in total. The molecule has 0 aromatic heterocycles. The van der Waals surface area contributed by atoms with E-state index in [0.29, 0.717) is 28.0 Å². The molecule has 1 aliphatic rings. The molecule has 1 N–H and O–H groups in total. The lowest BCUT2D eigenvalue weighted by molar-refractivity contribution is -0.129. The SMILES string of the molecule is COc1ccc(CN2C(=O)CC(C(=O)Nc3ccc(C)cc3C)SC2=Nc2ccc(F)cc2)cc1OC. The summed E-state index contributed by atoms with van der Waals surface area (Å²) in [7, 11) is 3.10. The minimum absolute atomic E-state index is 0.0110. The molecule has 0 aliphatic carbocycles. The highest BCUT2D eigenvalue weighted by molar-refractivity contribution is 8.15. The molecule has 1 aliphatic heterocycles. The number of halogens is 1. The molecule has 1 heterocycles. The third kappa shape index (κ3) is 6.29. The van der Waals surface area contributed by atoms with E-state index >= 15 is 0 Å². The van der Waals surface area contributed by atoms with E-state index in [1.54, 1.807) is 26.4 Å². The van der Waals surface area contributed by atoms with E-state index in [-0.39, 0.29) is 30.6 Å². The summed E-state index contributed by atoms with van der Waals surface area (Å²) in [6.45, 7) is 4.13. The molecule has 1 saturated heterocycles. The van der Waals surface area contributed by atoms with E-state index in [4.69, 9.17) is 9.47 Å². The minimum atomic E-state index is -0.672. The van der Waals surface area contributed by atoms with E-state index in [0.717, 1.165) is 16.7 Å². The number of nitrogens with one attached hydrogen (secondary N) is 1. The van der Waals surface area contributed by atoms with Crippen molar-refractivity contribution in [3.8, 4) is 11.5 Å². The van der Waals surface area contributed by atoms with Crippen molar-refractivity contribution in [1.29, 1.82) is 0 Å². The van der Waals surface area contributed by atoms with Crippen LogP contribution in [0.4, 0.5) is 15.8 Å². The first kappa shape index (κ1) is 26.2. The van der Waals surface area contributed by atoms with Crippen LogP contribution in [0.1, 0.15) is 23.1 Å². The van der Waals surface area contributed by atoms with Crippen molar-refractivity contribution in [1.82, 2.24) is 4.90 Å². The summed E-state index contributed by atoms with van der Waals surface area (Å²) in [6.07, 6.45) is 0.0110. The summed E-state index contributed by atoms with van der Waals surface area (Å²) in [5.41, 5.74) is 4.02. The Labute approximate surface area is 219 Å². The molecule has 0 spiro atoms. The summed E-state index contributed by atoms with van der Waals surface area (Å²) in [5, 5.41) is 2.63. The first-order chi connectivity index (χ1) is 17.8. The van der Waals surface area contributed by atoms with Crippen LogP contribution in [0, 0.1) is 19.7 Å². The van der Waals surface area contributed by atoms with Gasteiger partial charge in [0.2, 0.25) is 11.8 Å². The number of hydrogen-bond acceptors (Lipinski definition) is 6. The molecule has 0 saturated carbocycles. The Morgan fingerprint density at radius 2 is 1.78 bits per heavy atom. The molecular weight excluding hydrogens is 493 g/mol. The van der Waals surface area contributed by atoms with E-state index in [9.17, 15) is 14.0 Å². The van der Waals surface area contributed by atoms with Crippen LogP contribution in [0.15, 0.2) is 65.7 Å². The predicted octanol–water partition coefficient (Wildman–Crippen LogP) is 5.62. The smallest absolute Gasteiger partial charge is 0.238 e. The minimum Gasteiger partial charge on any atom is -0.493 e. The number of thioether (sulfide) groups is 1. The fraction of sp³-hybridized carbons (Fsp3) is 0.250. The maximum Gasteiger partial charge on any atom is 0.238 e. The van der Waals surface area contributed by atoms with Crippen molar-refractivity contribution in [2.24, 2.45) is 4.99 Å². The summed E-state index contributed by atoms with van der Waals surface area (Å²) < 4.78 is 24.2. The molecular formula is C28H28FN3O4S. The van der Waals surface area contributed by atoms with Crippen LogP contribution >= 0.6 is 11.8 Å². The van der Waals surface area contributed by atoms with E-state index < -0.39 is 5.25 Å². The topological polar surface area (TPSA) is 80.2 Å². The number of carbonyl (C=O) groups is 2. The Morgan fingerprint density at radius 3 is 2.46 bits per heavy atom. The van der Waals surface area contributed by atoms with Gasteiger partial charge in [0.15, 0.2) is 16.7 Å². The Morgan fingerprint density at radius 1 is 1.05 bits per heavy atom. The predicted molar refractivity (Wildman–Crippen MR) is 144 cm³/mol. The number of aryl methyl sites for hydroxylation is 2. The highest BCUT2D eigenvalue weighted by atomic mass is 32.2. The van der Waals surface area contributed by atoms with Gasteiger partial charge in [0.25, 0.3) is 0 Å². The molecule has 1 fully saturated rings. The fourth-order valence-electron chi connectivity index (χ4n) is 3.95. The van der Waals surface area contributed by atoms with Crippen LogP contribution in [-0.4, -0.2) is 41.4 Å². The van der Waals surface area contributed by atoms with Crippen molar-refractivity contribution < 1.29 is 23.5 Å². The Bertz CT molecular complexity index is 1340. The van der Waals surface area contributed by atoms with Gasteiger partial charge in [0.05, 0.1) is 26.5 Å². The van der Waals surface area contributed by atoms with Crippen LogP contribution in [0.5, 0.6) is 11.5 Å². The van der Waals surface area contributed by atoms with Crippen molar-refractivity contribution in [2.45, 2.75) is 32.1 Å². The van der Waals surface area contributed by atoms with Gasteiger partial charge in [-0.2, -0.15) is 0 Å². The summed E-state index contributed by atoms with van der Waals surface area (Å²) in [5.74, 6) is 0.219. The fourth-order valence-corrected chi connectivity index (χ4v) is 5.05. The normalized spacial score (nSPS) is 16.6. The molecule has 37 heavy (non-hydrogen) atoms. The number of rotatable bonds is 7. The molecule has 9 heteroatoms. The average molecular weight is 522 g/mol. The van der Waals surface area contributed by atoms with Crippen LogP contribution < -0.4 is 14.8 Å². The molecule has 0 radical (unpaired) electrons. The van der Waals surface area contributed by atoms with Crippen LogP contribution in [0.3, 0.4) is 0 Å². The number of carbonyl (C=O) groups excluding carboxylic acids is 2. The zero-order chi connectivity index (χ0) is 26.5. The second kappa shape index (κ2) is 11.5. The monoisotopic (exact) mass is 521 g/mol. The van der Waals surface area contributed by atoms with E-state index in [1.165, 1.54) is 40.9 Å². The summed E-state index contributed by atoms with van der Waals surface area (Å²) in [6, 6.07) is 16.8. The zero-order valence-electron chi connectivity index (χ0n) is 21.1. The summed E-state index contributed by atoms with van der Waals surface area (Å²) >= 11 is 1.21. The summed E-state index contributed by atoms with van der Waals surface area (Å²) in [4.78, 5) is 32.7. The average Bonchev–Trinajstić information content (AvgIpc) is 2.88. The molecule has 192 valence electrons. The largest absolute Gasteiger partial charge is 0.493 e. The lowest BCUT2D eigenvalue weighted by Crippen LogP contribution is -2.44. The van der Waals surface area contributed by atoms with Crippen molar-refractivity contribution in [3.05, 3.63) is 83.2 Å². The number of methoxy groups -OCH3 is 2. The van der Waals surface area contributed by atoms with E-state index in [2.05, 4.69) is 10.3 Å². The van der Waals surface area contributed by atoms with Gasteiger partial charge in [-0.15, -0.1) is 0 Å². The maximum atomic E-state index is 13.5. The number of hydrogen-bond donors (Lipinski definition) is 1. The number of anilines is 1. The number of aliphatic imine (C=N–C) groups is 1. The third-order valence-electron chi connectivity index (χ3n) is 5.91. The van der Waals surface area contributed by atoms with Gasteiger partial charge in [0, 0.05) is 12.1 Å². The van der Waals surface area contributed by atoms with Crippen LogP contribution in [0.25, 0.3) is 0 Å². The lowest BCUT2D eigenvalue weighted by Gasteiger charge is -2.32. The first-order valence-electron chi connectivity index (χ1n) is 11.7. The van der Waals surface area contributed by atoms with Gasteiger partial charge in [-0.05, 0) is 67.4 Å². The van der Waals surface area contributed by atoms with Crippen LogP contribution in [0.2, 0.25) is 0 Å². The van der Waals surface area contributed by atoms with Crippen molar-refractivity contribution >= 4 is 40.1 Å². The Hall–Kier alpha value is -3.85. The van der Waals surface area contributed by atoms with Crippen molar-refractivity contribution in [3.63, 3.8) is 0 Å². The molecule has 1 atom stereocenters. The zero-order valence-corrected chi connectivity index (χ0v) is 21.9. The van der Waals surface area contributed by atoms with Gasteiger partial charge in [-0.25, -0.2) is 9.38 Å². The molecule has 0 bridgehead atoms. The highest BCUT2D eigenvalue weighted by Crippen LogP contribution is 2.33. The van der Waals surface area contributed by atoms with E-state index in [1.807, 2.05) is 38.1 Å². The second-order valence-electron chi connectivity index (χ2n) is 8.66. The molecule has 4 rings (SSSR count). The van der Waals surface area contributed by atoms with Gasteiger partial charge < -0.3 is 14.8 Å². The van der Waals surface area contributed by atoms with Crippen LogP contribution in [-0.2, 0) is 16.1 Å². The number of amides is 2. The highest BCUT2D eigenvalue weighted by Gasteiger charge is 2.36. The lowest BCUT2D eigenvalue weighted by atomic mass is 10.1. The van der Waals surface area contributed by atoms with Gasteiger partial charge >= 0.3 is 0 Å². The molecule has 3 aromatic carbocycles. The Balaban J connectivity index is 1.62. The first-order valence-corrected chi connectivity index (χ1v) is 12.6.